The van der Waals surface area contributed by atoms with Crippen molar-refractivity contribution in [3.63, 3.8) is 0 Å². The van der Waals surface area contributed by atoms with Crippen LogP contribution in [-0.2, 0) is 11.0 Å². The highest BCUT2D eigenvalue weighted by Crippen LogP contribution is 2.30. The van der Waals surface area contributed by atoms with E-state index in [1.54, 1.807) is 31.2 Å². The molecule has 3 aromatic rings. The quantitative estimate of drug-likeness (QED) is 0.745. The van der Waals surface area contributed by atoms with Gasteiger partial charge in [0, 0.05) is 0 Å². The van der Waals surface area contributed by atoms with Crippen LogP contribution >= 0.6 is 0 Å². The molecular formula is C19H17F3N2O3. The topological polar surface area (TPSA) is 64.2 Å². The molecule has 1 N–H and O–H groups in total. The summed E-state index contributed by atoms with van der Waals surface area (Å²) < 4.78 is 44.9. The van der Waals surface area contributed by atoms with E-state index >= 15 is 0 Å². The maximum atomic E-state index is 12.9. The first kappa shape index (κ1) is 18.8. The summed E-state index contributed by atoms with van der Waals surface area (Å²) in [5.41, 5.74) is 0.353. The van der Waals surface area contributed by atoms with Gasteiger partial charge in [0.05, 0.1) is 17.1 Å². The predicted octanol–water partition coefficient (Wildman–Crippen LogP) is 4.05. The van der Waals surface area contributed by atoms with Crippen LogP contribution in [0.2, 0.25) is 0 Å². The van der Waals surface area contributed by atoms with Crippen LogP contribution in [0.1, 0.15) is 37.1 Å². The maximum Gasteiger partial charge on any atom is 0.420 e. The number of carbonyl (C=O) groups is 1. The van der Waals surface area contributed by atoms with Crippen LogP contribution in [0.4, 0.5) is 13.2 Å². The Hall–Kier alpha value is -3.03. The lowest BCUT2D eigenvalue weighted by Crippen LogP contribution is -2.35. The number of aromatic nitrogens is 1. The van der Waals surface area contributed by atoms with Crippen LogP contribution in [0, 0.1) is 0 Å². The monoisotopic (exact) mass is 378 g/mol. The lowest BCUT2D eigenvalue weighted by atomic mass is 10.0. The fraction of sp³-hybridized carbons (Fsp3) is 0.263. The number of carbonyl (C=O) groups excluding carboxylic acids is 1. The van der Waals surface area contributed by atoms with E-state index in [9.17, 15) is 22.8 Å². The number of halogens is 3. The normalized spacial score (nSPS) is 14.1. The van der Waals surface area contributed by atoms with Crippen molar-refractivity contribution in [2.45, 2.75) is 32.1 Å². The zero-order chi connectivity index (χ0) is 19.8. The summed E-state index contributed by atoms with van der Waals surface area (Å²) in [4.78, 5) is 24.7. The number of alkyl halides is 3. The van der Waals surface area contributed by atoms with Crippen molar-refractivity contribution in [3.05, 3.63) is 70.2 Å². The number of para-hydroxylation sites is 2. The van der Waals surface area contributed by atoms with E-state index in [1.807, 2.05) is 0 Å². The SMILES string of the molecule is C[C@H](NC(=O)[C@H](C)n1c(=O)oc2ccccc21)c1cccc(C(F)(F)F)c1. The van der Waals surface area contributed by atoms with Crippen molar-refractivity contribution < 1.29 is 22.4 Å². The Balaban J connectivity index is 1.82. The number of hydrogen-bond acceptors (Lipinski definition) is 3. The average molecular weight is 378 g/mol. The van der Waals surface area contributed by atoms with Gasteiger partial charge in [-0.1, -0.05) is 24.3 Å². The molecule has 0 saturated heterocycles. The summed E-state index contributed by atoms with van der Waals surface area (Å²) in [5, 5.41) is 2.65. The van der Waals surface area contributed by atoms with Gasteiger partial charge in [-0.25, -0.2) is 4.79 Å². The molecule has 27 heavy (non-hydrogen) atoms. The molecule has 0 aliphatic carbocycles. The average Bonchev–Trinajstić information content (AvgIpc) is 2.96. The molecule has 0 spiro atoms. The summed E-state index contributed by atoms with van der Waals surface area (Å²) in [6.45, 7) is 3.11. The van der Waals surface area contributed by atoms with E-state index in [2.05, 4.69) is 5.32 Å². The van der Waals surface area contributed by atoms with Crippen molar-refractivity contribution in [1.82, 2.24) is 9.88 Å². The number of oxazole rings is 1. The Labute approximate surface area is 152 Å². The molecule has 1 aromatic heterocycles. The first-order chi connectivity index (χ1) is 12.7. The van der Waals surface area contributed by atoms with Crippen molar-refractivity contribution >= 4 is 17.0 Å². The second-order valence-electron chi connectivity index (χ2n) is 6.24. The van der Waals surface area contributed by atoms with Gasteiger partial charge in [-0.05, 0) is 43.7 Å². The van der Waals surface area contributed by atoms with Crippen molar-refractivity contribution in [2.24, 2.45) is 0 Å². The van der Waals surface area contributed by atoms with E-state index in [-0.39, 0.29) is 0 Å². The molecule has 0 bridgehead atoms. The number of nitrogens with one attached hydrogen (secondary N) is 1. The Morgan fingerprint density at radius 3 is 2.52 bits per heavy atom. The molecule has 0 fully saturated rings. The summed E-state index contributed by atoms with van der Waals surface area (Å²) in [6.07, 6.45) is -4.46. The molecule has 0 aliphatic rings. The zero-order valence-corrected chi connectivity index (χ0v) is 14.6. The standard InChI is InChI=1S/C19H17F3N2O3/c1-11(13-6-5-7-14(10-13)19(20,21)22)23-17(25)12(2)24-15-8-3-4-9-16(15)27-18(24)26/h3-12H,1-2H3,(H,23,25)/t11-,12-/m0/s1. The molecule has 0 saturated carbocycles. The number of rotatable bonds is 4. The maximum absolute atomic E-state index is 12.9. The molecule has 5 nitrogen and oxygen atoms in total. The summed E-state index contributed by atoms with van der Waals surface area (Å²) in [7, 11) is 0. The van der Waals surface area contributed by atoms with Gasteiger partial charge in [0.25, 0.3) is 0 Å². The van der Waals surface area contributed by atoms with Crippen LogP contribution in [0.3, 0.4) is 0 Å². The lowest BCUT2D eigenvalue weighted by molar-refractivity contribution is -0.137. The molecule has 2 atom stereocenters. The fourth-order valence-electron chi connectivity index (χ4n) is 2.87. The summed E-state index contributed by atoms with van der Waals surface area (Å²) >= 11 is 0. The Morgan fingerprint density at radius 1 is 1.11 bits per heavy atom. The Morgan fingerprint density at radius 2 is 1.81 bits per heavy atom. The molecule has 1 amide bonds. The van der Waals surface area contributed by atoms with Crippen molar-refractivity contribution in [1.29, 1.82) is 0 Å². The highest BCUT2D eigenvalue weighted by Gasteiger charge is 2.31. The number of benzene rings is 2. The molecule has 0 radical (unpaired) electrons. The van der Waals surface area contributed by atoms with Gasteiger partial charge in [0.15, 0.2) is 5.58 Å². The Kier molecular flexibility index (Phi) is 4.82. The van der Waals surface area contributed by atoms with E-state index in [4.69, 9.17) is 4.42 Å². The second kappa shape index (κ2) is 6.94. The number of fused-ring (bicyclic) bond motifs is 1. The van der Waals surface area contributed by atoms with Crippen LogP contribution in [-0.4, -0.2) is 10.5 Å². The van der Waals surface area contributed by atoms with E-state index < -0.39 is 35.5 Å². The highest BCUT2D eigenvalue weighted by atomic mass is 19.4. The number of nitrogens with zero attached hydrogens (tertiary/aromatic N) is 1. The third kappa shape index (κ3) is 3.74. The smallest absolute Gasteiger partial charge is 0.408 e. The van der Waals surface area contributed by atoms with Crippen molar-refractivity contribution in [3.8, 4) is 0 Å². The zero-order valence-electron chi connectivity index (χ0n) is 14.6. The largest absolute Gasteiger partial charge is 0.420 e. The van der Waals surface area contributed by atoms with Gasteiger partial charge in [-0.3, -0.25) is 9.36 Å². The van der Waals surface area contributed by atoms with Crippen molar-refractivity contribution in [2.75, 3.05) is 0 Å². The third-order valence-corrected chi connectivity index (χ3v) is 4.36. The Bertz CT molecular complexity index is 1040. The van der Waals surface area contributed by atoms with E-state index in [0.717, 1.165) is 12.1 Å². The van der Waals surface area contributed by atoms with Gasteiger partial charge in [-0.15, -0.1) is 0 Å². The molecule has 2 aromatic carbocycles. The predicted molar refractivity (Wildman–Crippen MR) is 93.2 cm³/mol. The minimum absolute atomic E-state index is 0.315. The molecule has 3 rings (SSSR count). The van der Waals surface area contributed by atoms with E-state index in [0.29, 0.717) is 16.7 Å². The van der Waals surface area contributed by atoms with Gasteiger partial charge >= 0.3 is 11.9 Å². The van der Waals surface area contributed by atoms with Gasteiger partial charge in [-0.2, -0.15) is 13.2 Å². The fourth-order valence-corrected chi connectivity index (χ4v) is 2.87. The number of amides is 1. The second-order valence-corrected chi connectivity index (χ2v) is 6.24. The molecule has 8 heteroatoms. The lowest BCUT2D eigenvalue weighted by Gasteiger charge is -2.19. The van der Waals surface area contributed by atoms with Crippen LogP contribution in [0.5, 0.6) is 0 Å². The van der Waals surface area contributed by atoms with Gasteiger partial charge in [0.1, 0.15) is 6.04 Å². The van der Waals surface area contributed by atoms with Crippen LogP contribution in [0.25, 0.3) is 11.1 Å². The summed E-state index contributed by atoms with van der Waals surface area (Å²) in [5.74, 6) is -1.18. The van der Waals surface area contributed by atoms with E-state index in [1.165, 1.54) is 23.6 Å². The highest BCUT2D eigenvalue weighted by molar-refractivity contribution is 5.83. The minimum Gasteiger partial charge on any atom is -0.408 e. The van der Waals surface area contributed by atoms with Crippen LogP contribution in [0.15, 0.2) is 57.7 Å². The minimum atomic E-state index is -4.46. The molecule has 1 heterocycles. The van der Waals surface area contributed by atoms with Crippen LogP contribution < -0.4 is 11.1 Å². The third-order valence-electron chi connectivity index (χ3n) is 4.36. The molecule has 0 aliphatic heterocycles. The molecule has 0 unspecified atom stereocenters. The molecule has 142 valence electrons. The first-order valence-corrected chi connectivity index (χ1v) is 8.26. The number of hydrogen-bond donors (Lipinski definition) is 1. The van der Waals surface area contributed by atoms with Gasteiger partial charge < -0.3 is 9.73 Å². The van der Waals surface area contributed by atoms with Gasteiger partial charge in [0.2, 0.25) is 5.91 Å². The molecular weight excluding hydrogens is 361 g/mol. The summed E-state index contributed by atoms with van der Waals surface area (Å²) in [6, 6.07) is 9.88. The first-order valence-electron chi connectivity index (χ1n) is 8.26.